The van der Waals surface area contributed by atoms with Crippen molar-refractivity contribution in [3.63, 3.8) is 0 Å². The summed E-state index contributed by atoms with van der Waals surface area (Å²) in [4.78, 5) is 4.04. The maximum Gasteiger partial charge on any atom is 0.573 e. The molecule has 0 aliphatic heterocycles. The van der Waals surface area contributed by atoms with E-state index in [2.05, 4.69) is 15.0 Å². The molecule has 0 radical (unpaired) electrons. The van der Waals surface area contributed by atoms with E-state index in [9.17, 15) is 13.2 Å². The third-order valence-electron chi connectivity index (χ3n) is 2.30. The van der Waals surface area contributed by atoms with Crippen LogP contribution in [-0.4, -0.2) is 24.9 Å². The van der Waals surface area contributed by atoms with Gasteiger partial charge in [-0.2, -0.15) is 0 Å². The lowest BCUT2D eigenvalue weighted by molar-refractivity contribution is -0.274. The Kier molecular flexibility index (Phi) is 5.66. The van der Waals surface area contributed by atoms with Gasteiger partial charge >= 0.3 is 6.36 Å². The maximum atomic E-state index is 12.2. The molecule has 0 atom stereocenters. The largest absolute Gasteiger partial charge is 0.573 e. The summed E-state index contributed by atoms with van der Waals surface area (Å²) in [5, 5.41) is 2.90. The number of guanidine groups is 1. The number of nitrogens with one attached hydrogen (secondary N) is 1. The summed E-state index contributed by atoms with van der Waals surface area (Å²) in [6.07, 6.45) is -4.38. The lowest BCUT2D eigenvalue weighted by Crippen LogP contribution is -2.36. The predicted octanol–water partition coefficient (Wildman–Crippen LogP) is 2.44. The fraction of sp³-hybridized carbons (Fsp3) is 0.462. The first-order chi connectivity index (χ1) is 9.28. The number of benzene rings is 1. The first-order valence-corrected chi connectivity index (χ1v) is 6.18. The first kappa shape index (κ1) is 16.1. The second kappa shape index (κ2) is 7.02. The highest BCUT2D eigenvalue weighted by molar-refractivity contribution is 5.78. The zero-order valence-corrected chi connectivity index (χ0v) is 11.4. The Morgan fingerprint density at radius 1 is 1.35 bits per heavy atom. The summed E-state index contributed by atoms with van der Waals surface area (Å²) in [5.74, 6) is 0.0693. The molecule has 1 rings (SSSR count). The molecule has 0 spiro atoms. The van der Waals surface area contributed by atoms with Gasteiger partial charge in [0, 0.05) is 12.6 Å². The second-order valence-corrected chi connectivity index (χ2v) is 4.47. The second-order valence-electron chi connectivity index (χ2n) is 4.47. The number of ether oxygens (including phenoxy) is 1. The summed E-state index contributed by atoms with van der Waals surface area (Å²) >= 11 is 0. The van der Waals surface area contributed by atoms with Gasteiger partial charge in [-0.3, -0.25) is 4.99 Å². The topological polar surface area (TPSA) is 59.6 Å². The SMILES string of the molecule is CC(C)NC(N)=NCCc1ccccc1OC(F)(F)F. The minimum absolute atomic E-state index is 0.152. The van der Waals surface area contributed by atoms with E-state index in [4.69, 9.17) is 5.73 Å². The van der Waals surface area contributed by atoms with Crippen LogP contribution >= 0.6 is 0 Å². The van der Waals surface area contributed by atoms with Crippen molar-refractivity contribution in [1.82, 2.24) is 5.32 Å². The Balaban J connectivity index is 2.64. The number of para-hydroxylation sites is 1. The molecule has 0 fully saturated rings. The first-order valence-electron chi connectivity index (χ1n) is 6.18. The molecular weight excluding hydrogens is 271 g/mol. The van der Waals surface area contributed by atoms with Gasteiger partial charge in [0.2, 0.25) is 0 Å². The maximum absolute atomic E-state index is 12.2. The molecule has 0 aliphatic carbocycles. The molecule has 20 heavy (non-hydrogen) atoms. The van der Waals surface area contributed by atoms with Gasteiger partial charge in [-0.25, -0.2) is 0 Å². The summed E-state index contributed by atoms with van der Waals surface area (Å²) in [6, 6.07) is 6.14. The molecule has 0 amide bonds. The standard InChI is InChI=1S/C13H18F3N3O/c1-9(2)19-12(17)18-8-7-10-5-3-4-6-11(10)20-13(14,15)16/h3-6,9H,7-8H2,1-2H3,(H3,17,18,19). The summed E-state index contributed by atoms with van der Waals surface area (Å²) < 4.78 is 40.7. The van der Waals surface area contributed by atoms with Gasteiger partial charge in [-0.1, -0.05) is 18.2 Å². The smallest absolute Gasteiger partial charge is 0.406 e. The monoisotopic (exact) mass is 289 g/mol. The number of nitrogens with zero attached hydrogens (tertiary/aromatic N) is 1. The van der Waals surface area contributed by atoms with Crippen LogP contribution in [0.15, 0.2) is 29.3 Å². The highest BCUT2D eigenvalue weighted by Gasteiger charge is 2.31. The molecule has 0 bridgehead atoms. The molecule has 0 heterocycles. The van der Waals surface area contributed by atoms with Gasteiger partial charge < -0.3 is 15.8 Å². The van der Waals surface area contributed by atoms with E-state index < -0.39 is 6.36 Å². The average Bonchev–Trinajstić information content (AvgIpc) is 2.28. The van der Waals surface area contributed by atoms with Crippen molar-refractivity contribution in [3.05, 3.63) is 29.8 Å². The molecule has 3 N–H and O–H groups in total. The van der Waals surface area contributed by atoms with E-state index >= 15 is 0 Å². The van der Waals surface area contributed by atoms with E-state index in [0.29, 0.717) is 12.0 Å². The fourth-order valence-corrected chi connectivity index (χ4v) is 1.57. The number of hydrogen-bond donors (Lipinski definition) is 2. The van der Waals surface area contributed by atoms with Crippen molar-refractivity contribution in [1.29, 1.82) is 0 Å². The van der Waals surface area contributed by atoms with Gasteiger partial charge in [-0.05, 0) is 31.9 Å². The van der Waals surface area contributed by atoms with Gasteiger partial charge in [-0.15, -0.1) is 13.2 Å². The van der Waals surface area contributed by atoms with E-state index in [-0.39, 0.29) is 24.3 Å². The molecule has 0 saturated carbocycles. The average molecular weight is 289 g/mol. The lowest BCUT2D eigenvalue weighted by atomic mass is 10.1. The zero-order valence-electron chi connectivity index (χ0n) is 11.4. The quantitative estimate of drug-likeness (QED) is 0.646. The Labute approximate surface area is 115 Å². The van der Waals surface area contributed by atoms with Crippen molar-refractivity contribution in [2.45, 2.75) is 32.7 Å². The van der Waals surface area contributed by atoms with Gasteiger partial charge in [0.05, 0.1) is 0 Å². The van der Waals surface area contributed by atoms with Gasteiger partial charge in [0.15, 0.2) is 5.96 Å². The third-order valence-corrected chi connectivity index (χ3v) is 2.30. The van der Waals surface area contributed by atoms with Crippen LogP contribution in [0.4, 0.5) is 13.2 Å². The highest BCUT2D eigenvalue weighted by Crippen LogP contribution is 2.26. The van der Waals surface area contributed by atoms with Crippen molar-refractivity contribution >= 4 is 5.96 Å². The van der Waals surface area contributed by atoms with E-state index in [0.717, 1.165) is 0 Å². The van der Waals surface area contributed by atoms with Crippen LogP contribution in [0.25, 0.3) is 0 Å². The van der Waals surface area contributed by atoms with Crippen molar-refractivity contribution < 1.29 is 17.9 Å². The molecule has 1 aromatic rings. The fourth-order valence-electron chi connectivity index (χ4n) is 1.57. The van der Waals surface area contributed by atoms with E-state index in [1.165, 1.54) is 12.1 Å². The van der Waals surface area contributed by atoms with Crippen molar-refractivity contribution in [3.8, 4) is 5.75 Å². The lowest BCUT2D eigenvalue weighted by Gasteiger charge is -2.13. The number of rotatable bonds is 5. The number of alkyl halides is 3. The predicted molar refractivity (Wildman–Crippen MR) is 71.6 cm³/mol. The molecule has 112 valence electrons. The molecular formula is C13H18F3N3O. The molecule has 1 aromatic carbocycles. The third kappa shape index (κ3) is 6.31. The van der Waals surface area contributed by atoms with Crippen molar-refractivity contribution in [2.75, 3.05) is 6.54 Å². The Hall–Kier alpha value is -1.92. The van der Waals surface area contributed by atoms with Crippen LogP contribution < -0.4 is 15.8 Å². The number of hydrogen-bond acceptors (Lipinski definition) is 2. The molecule has 0 aromatic heterocycles. The zero-order chi connectivity index (χ0) is 15.2. The van der Waals surface area contributed by atoms with Crippen LogP contribution in [-0.2, 0) is 6.42 Å². The highest BCUT2D eigenvalue weighted by atomic mass is 19.4. The molecule has 7 heteroatoms. The number of halogens is 3. The minimum atomic E-state index is -4.70. The summed E-state index contributed by atoms with van der Waals surface area (Å²) in [6.45, 7) is 4.10. The summed E-state index contributed by atoms with van der Waals surface area (Å²) in [5.41, 5.74) is 6.04. The molecule has 0 saturated heterocycles. The van der Waals surface area contributed by atoms with Crippen LogP contribution in [0.2, 0.25) is 0 Å². The van der Waals surface area contributed by atoms with Crippen molar-refractivity contribution in [2.24, 2.45) is 10.7 Å². The molecule has 4 nitrogen and oxygen atoms in total. The number of nitrogens with two attached hydrogens (primary N) is 1. The Morgan fingerprint density at radius 2 is 2.00 bits per heavy atom. The Morgan fingerprint density at radius 3 is 2.60 bits per heavy atom. The Bertz CT molecular complexity index is 458. The van der Waals surface area contributed by atoms with Crippen LogP contribution in [0.1, 0.15) is 19.4 Å². The van der Waals surface area contributed by atoms with E-state index in [1.807, 2.05) is 13.8 Å². The molecule has 0 unspecified atom stereocenters. The van der Waals surface area contributed by atoms with Gasteiger partial charge in [0.25, 0.3) is 0 Å². The summed E-state index contributed by atoms with van der Waals surface area (Å²) in [7, 11) is 0. The van der Waals surface area contributed by atoms with E-state index in [1.54, 1.807) is 12.1 Å². The number of aliphatic imine (C=N–C) groups is 1. The van der Waals surface area contributed by atoms with Crippen LogP contribution in [0, 0.1) is 0 Å². The minimum Gasteiger partial charge on any atom is -0.406 e. The van der Waals surface area contributed by atoms with Gasteiger partial charge in [0.1, 0.15) is 5.75 Å². The molecule has 0 aliphatic rings. The van der Waals surface area contributed by atoms with Crippen LogP contribution in [0.5, 0.6) is 5.75 Å². The van der Waals surface area contributed by atoms with Crippen LogP contribution in [0.3, 0.4) is 0 Å². The normalized spacial score (nSPS) is 12.6.